The van der Waals surface area contributed by atoms with Crippen molar-refractivity contribution in [3.05, 3.63) is 0 Å². The van der Waals surface area contributed by atoms with E-state index in [1.54, 1.807) is 0 Å². The van der Waals surface area contributed by atoms with E-state index < -0.39 is 97.5 Å². The fraction of sp³-hybridized carbons (Fsp3) is 0.944. The molecule has 6 atom stereocenters. The third kappa shape index (κ3) is 63.5. The van der Waals surface area contributed by atoms with E-state index in [-0.39, 0.29) is 25.7 Å². The summed E-state index contributed by atoms with van der Waals surface area (Å²) in [4.78, 5) is 72.3. The molecule has 0 saturated carbocycles. The first kappa shape index (κ1) is 88.1. The van der Waals surface area contributed by atoms with Crippen molar-refractivity contribution in [3.63, 3.8) is 0 Å². The Bertz CT molecular complexity index is 1740. The number of carbonyl (C=O) groups excluding carboxylic acids is 4. The summed E-state index contributed by atoms with van der Waals surface area (Å²) in [5.41, 5.74) is 0. The van der Waals surface area contributed by atoms with Crippen molar-refractivity contribution in [3.8, 4) is 0 Å². The summed E-state index contributed by atoms with van der Waals surface area (Å²) in [6, 6.07) is 0. The first-order chi connectivity index (χ1) is 43.6. The summed E-state index contributed by atoms with van der Waals surface area (Å²) in [5, 5.41) is 10.6. The number of phosphoric acid groups is 2. The molecule has 90 heavy (non-hydrogen) atoms. The number of esters is 4. The van der Waals surface area contributed by atoms with Gasteiger partial charge in [-0.15, -0.1) is 0 Å². The molecule has 0 heterocycles. The monoisotopic (exact) mass is 1320 g/mol. The first-order valence-corrected chi connectivity index (χ1v) is 40.2. The topological polar surface area (TPSA) is 237 Å². The molecule has 0 aromatic carbocycles. The standard InChI is InChI=1S/C71H138O17P2/c1-6-10-13-16-19-20-21-22-23-24-25-26-30-33-36-41-45-50-55-69(74)82-61-67(88-71(76)57-52-47-42-37-34-31-28-27-29-32-35-40-43-48-53-64(5)9-4)63-86-90(79,80)84-59-65(72)58-83-89(77,78)85-62-66(87-70(75)56-51-46-39-18-15-12-8-3)60-81-68(73)54-49-44-38-17-14-11-7-2/h64-67,72H,6-63H2,1-5H3,(H,77,78)(H,79,80)/t64?,65-,66+,67+/m0/s1. The molecule has 0 saturated heterocycles. The highest BCUT2D eigenvalue weighted by molar-refractivity contribution is 7.47. The third-order valence-electron chi connectivity index (χ3n) is 16.9. The van der Waals surface area contributed by atoms with Crippen LogP contribution in [0.2, 0.25) is 0 Å². The Kier molecular flexibility index (Phi) is 63.0. The van der Waals surface area contributed by atoms with E-state index in [9.17, 15) is 43.2 Å². The molecule has 0 aromatic heterocycles. The summed E-state index contributed by atoms with van der Waals surface area (Å²) in [6.45, 7) is 7.22. The van der Waals surface area contributed by atoms with Gasteiger partial charge >= 0.3 is 39.5 Å². The Hall–Kier alpha value is -1.94. The van der Waals surface area contributed by atoms with Gasteiger partial charge in [0.05, 0.1) is 26.4 Å². The fourth-order valence-corrected chi connectivity index (χ4v) is 12.4. The second-order valence-electron chi connectivity index (χ2n) is 25.9. The molecule has 0 aliphatic rings. The number of aliphatic hydroxyl groups excluding tert-OH is 1. The van der Waals surface area contributed by atoms with Gasteiger partial charge in [0, 0.05) is 25.7 Å². The van der Waals surface area contributed by atoms with Crippen LogP contribution in [0.15, 0.2) is 0 Å². The van der Waals surface area contributed by atoms with E-state index in [1.165, 1.54) is 167 Å². The Morgan fingerprint density at radius 2 is 0.533 bits per heavy atom. The van der Waals surface area contributed by atoms with Crippen molar-refractivity contribution in [2.24, 2.45) is 5.92 Å². The fourth-order valence-electron chi connectivity index (χ4n) is 10.8. The lowest BCUT2D eigenvalue weighted by Gasteiger charge is -2.21. The number of unbranched alkanes of at least 4 members (excludes halogenated alkanes) is 42. The molecule has 0 aromatic rings. The molecule has 0 aliphatic carbocycles. The van der Waals surface area contributed by atoms with Crippen LogP contribution < -0.4 is 0 Å². The van der Waals surface area contributed by atoms with Crippen LogP contribution in [-0.2, 0) is 65.4 Å². The Morgan fingerprint density at radius 1 is 0.311 bits per heavy atom. The summed E-state index contributed by atoms with van der Waals surface area (Å²) in [7, 11) is -9.89. The van der Waals surface area contributed by atoms with Crippen LogP contribution in [0.5, 0.6) is 0 Å². The van der Waals surface area contributed by atoms with Gasteiger partial charge in [-0.25, -0.2) is 9.13 Å². The van der Waals surface area contributed by atoms with Gasteiger partial charge in [0.2, 0.25) is 0 Å². The Morgan fingerprint density at radius 3 is 0.789 bits per heavy atom. The minimum atomic E-state index is -4.95. The zero-order valence-corrected chi connectivity index (χ0v) is 60.1. The van der Waals surface area contributed by atoms with Crippen molar-refractivity contribution in [2.75, 3.05) is 39.6 Å². The highest BCUT2D eigenvalue weighted by Crippen LogP contribution is 2.45. The number of phosphoric ester groups is 2. The summed E-state index contributed by atoms with van der Waals surface area (Å²) >= 11 is 0. The van der Waals surface area contributed by atoms with Gasteiger partial charge in [-0.05, 0) is 31.6 Å². The quantitative estimate of drug-likeness (QED) is 0.0222. The second kappa shape index (κ2) is 64.4. The molecule has 0 fully saturated rings. The molecular formula is C71H138O17P2. The highest BCUT2D eigenvalue weighted by atomic mass is 31.2. The van der Waals surface area contributed by atoms with Crippen LogP contribution >= 0.6 is 15.6 Å². The number of carbonyl (C=O) groups is 4. The number of hydrogen-bond acceptors (Lipinski definition) is 15. The minimum absolute atomic E-state index is 0.104. The molecule has 0 aliphatic heterocycles. The molecule has 0 spiro atoms. The molecule has 0 radical (unpaired) electrons. The van der Waals surface area contributed by atoms with Crippen molar-refractivity contribution < 1.29 is 80.2 Å². The maximum Gasteiger partial charge on any atom is 0.472 e. The third-order valence-corrected chi connectivity index (χ3v) is 18.8. The van der Waals surface area contributed by atoms with E-state index in [0.717, 1.165) is 121 Å². The van der Waals surface area contributed by atoms with E-state index in [2.05, 4.69) is 34.6 Å². The Balaban J connectivity index is 5.13. The molecule has 19 heteroatoms. The van der Waals surface area contributed by atoms with Gasteiger partial charge < -0.3 is 33.8 Å². The second-order valence-corrected chi connectivity index (χ2v) is 28.8. The van der Waals surface area contributed by atoms with Crippen molar-refractivity contribution >= 4 is 39.5 Å². The first-order valence-electron chi connectivity index (χ1n) is 37.2. The van der Waals surface area contributed by atoms with Crippen LogP contribution in [-0.4, -0.2) is 96.7 Å². The minimum Gasteiger partial charge on any atom is -0.462 e. The molecule has 534 valence electrons. The summed E-state index contributed by atoms with van der Waals surface area (Å²) in [5.74, 6) is -1.28. The van der Waals surface area contributed by atoms with Crippen LogP contribution in [0.4, 0.5) is 0 Å². The van der Waals surface area contributed by atoms with Gasteiger partial charge in [0.15, 0.2) is 12.2 Å². The molecule has 3 N–H and O–H groups in total. The SMILES string of the molecule is CCCCCCCCCCCCCCCCCCCCC(=O)OC[C@H](COP(=O)(O)OC[C@@H](O)COP(=O)(O)OC[C@@H](COC(=O)CCCCCCCCC)OC(=O)CCCCCCCCC)OC(=O)CCCCCCCCCCCCCCCCC(C)CC. The predicted molar refractivity (Wildman–Crippen MR) is 363 cm³/mol. The lowest BCUT2D eigenvalue weighted by atomic mass is 9.99. The van der Waals surface area contributed by atoms with Gasteiger partial charge in [0.1, 0.15) is 19.3 Å². The lowest BCUT2D eigenvalue weighted by molar-refractivity contribution is -0.161. The van der Waals surface area contributed by atoms with E-state index >= 15 is 0 Å². The average molecular weight is 1330 g/mol. The molecule has 0 bridgehead atoms. The van der Waals surface area contributed by atoms with Crippen LogP contribution in [0.1, 0.15) is 369 Å². The number of rotatable bonds is 71. The maximum atomic E-state index is 13.0. The summed E-state index contributed by atoms with van der Waals surface area (Å²) < 4.78 is 68.1. The predicted octanol–water partition coefficient (Wildman–Crippen LogP) is 20.5. The molecular weight excluding hydrogens is 1190 g/mol. The van der Waals surface area contributed by atoms with E-state index in [4.69, 9.17) is 37.0 Å². The van der Waals surface area contributed by atoms with Crippen molar-refractivity contribution in [1.29, 1.82) is 0 Å². The number of ether oxygens (including phenoxy) is 4. The normalized spacial score (nSPS) is 14.4. The van der Waals surface area contributed by atoms with Gasteiger partial charge in [-0.1, -0.05) is 317 Å². The van der Waals surface area contributed by atoms with Crippen LogP contribution in [0, 0.1) is 5.92 Å². The molecule has 3 unspecified atom stereocenters. The van der Waals surface area contributed by atoms with E-state index in [0.29, 0.717) is 25.7 Å². The molecule has 17 nitrogen and oxygen atoms in total. The lowest BCUT2D eigenvalue weighted by Crippen LogP contribution is -2.30. The summed E-state index contributed by atoms with van der Waals surface area (Å²) in [6.07, 6.45) is 51.7. The van der Waals surface area contributed by atoms with Gasteiger partial charge in [-0.3, -0.25) is 37.3 Å². The van der Waals surface area contributed by atoms with Gasteiger partial charge in [-0.2, -0.15) is 0 Å². The smallest absolute Gasteiger partial charge is 0.462 e. The van der Waals surface area contributed by atoms with Crippen LogP contribution in [0.3, 0.4) is 0 Å². The Labute approximate surface area is 549 Å². The highest BCUT2D eigenvalue weighted by Gasteiger charge is 2.30. The van der Waals surface area contributed by atoms with Crippen molar-refractivity contribution in [2.45, 2.75) is 387 Å². The van der Waals surface area contributed by atoms with Crippen LogP contribution in [0.25, 0.3) is 0 Å². The average Bonchev–Trinajstić information content (AvgIpc) is 3.69. The zero-order chi connectivity index (χ0) is 66.3. The number of hydrogen-bond donors (Lipinski definition) is 3. The molecule has 0 amide bonds. The van der Waals surface area contributed by atoms with E-state index in [1.807, 2.05) is 0 Å². The number of aliphatic hydroxyl groups is 1. The van der Waals surface area contributed by atoms with Crippen molar-refractivity contribution in [1.82, 2.24) is 0 Å². The van der Waals surface area contributed by atoms with Gasteiger partial charge in [0.25, 0.3) is 0 Å². The molecule has 0 rings (SSSR count). The maximum absolute atomic E-state index is 13.0. The largest absolute Gasteiger partial charge is 0.472 e. The zero-order valence-electron chi connectivity index (χ0n) is 58.3.